The Hall–Kier alpha value is -1.23. The SMILES string of the molecule is I.NC(=NCC1(O)CCCC1)Nc1ccccc1OC(F)(F)F. The van der Waals surface area contributed by atoms with Crippen molar-refractivity contribution in [3.8, 4) is 5.75 Å². The van der Waals surface area contributed by atoms with Gasteiger partial charge in [-0.25, -0.2) is 0 Å². The molecule has 1 aliphatic rings. The molecule has 2 rings (SSSR count). The molecule has 0 aromatic heterocycles. The highest BCUT2D eigenvalue weighted by Gasteiger charge is 2.32. The Bertz CT molecular complexity index is 546. The summed E-state index contributed by atoms with van der Waals surface area (Å²) in [5.41, 5.74) is 4.85. The minimum absolute atomic E-state index is 0. The molecule has 1 aromatic carbocycles. The fraction of sp³-hybridized carbons (Fsp3) is 0.500. The van der Waals surface area contributed by atoms with E-state index >= 15 is 0 Å². The van der Waals surface area contributed by atoms with E-state index in [9.17, 15) is 18.3 Å². The van der Waals surface area contributed by atoms with Gasteiger partial charge in [-0.15, -0.1) is 37.1 Å². The zero-order chi connectivity index (χ0) is 16.2. The number of nitrogens with zero attached hydrogens (tertiary/aromatic N) is 1. The van der Waals surface area contributed by atoms with E-state index in [4.69, 9.17) is 5.73 Å². The number of rotatable bonds is 4. The van der Waals surface area contributed by atoms with Crippen LogP contribution in [0.25, 0.3) is 0 Å². The molecule has 9 heteroatoms. The summed E-state index contributed by atoms with van der Waals surface area (Å²) in [5.74, 6) is -0.466. The number of hydrogen-bond donors (Lipinski definition) is 3. The van der Waals surface area contributed by atoms with Gasteiger partial charge in [0.05, 0.1) is 17.8 Å². The number of nitrogens with two attached hydrogens (primary N) is 1. The fourth-order valence-corrected chi connectivity index (χ4v) is 2.38. The second-order valence-corrected chi connectivity index (χ2v) is 5.30. The number of ether oxygens (including phenoxy) is 1. The van der Waals surface area contributed by atoms with Crippen LogP contribution in [0.2, 0.25) is 0 Å². The van der Waals surface area contributed by atoms with Gasteiger partial charge in [0, 0.05) is 0 Å². The van der Waals surface area contributed by atoms with Crippen LogP contribution >= 0.6 is 24.0 Å². The van der Waals surface area contributed by atoms with Crippen molar-refractivity contribution in [3.05, 3.63) is 24.3 Å². The minimum Gasteiger partial charge on any atom is -0.404 e. The van der Waals surface area contributed by atoms with Crippen LogP contribution in [0.5, 0.6) is 5.75 Å². The molecule has 0 spiro atoms. The molecule has 0 heterocycles. The predicted molar refractivity (Wildman–Crippen MR) is 92.1 cm³/mol. The van der Waals surface area contributed by atoms with E-state index in [1.807, 2.05) is 0 Å². The molecule has 0 aliphatic heterocycles. The summed E-state index contributed by atoms with van der Waals surface area (Å²) in [5, 5.41) is 12.7. The molecule has 0 bridgehead atoms. The number of alkyl halides is 3. The Morgan fingerprint density at radius 1 is 1.30 bits per heavy atom. The van der Waals surface area contributed by atoms with Gasteiger partial charge in [0.25, 0.3) is 0 Å². The van der Waals surface area contributed by atoms with Gasteiger partial charge in [-0.2, -0.15) is 0 Å². The highest BCUT2D eigenvalue weighted by molar-refractivity contribution is 14.0. The minimum atomic E-state index is -4.79. The number of hydrogen-bond acceptors (Lipinski definition) is 3. The zero-order valence-corrected chi connectivity index (χ0v) is 14.6. The zero-order valence-electron chi connectivity index (χ0n) is 12.3. The van der Waals surface area contributed by atoms with Crippen LogP contribution in [0, 0.1) is 0 Å². The highest BCUT2D eigenvalue weighted by Crippen LogP contribution is 2.31. The standard InChI is InChI=1S/C14H18F3N3O2.HI/c15-14(16,17)22-11-6-2-1-5-10(11)20-12(18)19-9-13(21)7-3-4-8-13;/h1-2,5-6,21H,3-4,7-9H2,(H3,18,19,20);1H. The van der Waals surface area contributed by atoms with Crippen LogP contribution in [0.1, 0.15) is 25.7 Å². The molecule has 0 saturated heterocycles. The number of aliphatic hydroxyl groups is 1. The highest BCUT2D eigenvalue weighted by atomic mass is 127. The van der Waals surface area contributed by atoms with Crippen molar-refractivity contribution >= 4 is 35.6 Å². The molecule has 1 aliphatic carbocycles. The van der Waals surface area contributed by atoms with Crippen molar-refractivity contribution in [2.24, 2.45) is 10.7 Å². The second kappa shape index (κ2) is 8.04. The van der Waals surface area contributed by atoms with Crippen molar-refractivity contribution in [3.63, 3.8) is 0 Å². The summed E-state index contributed by atoms with van der Waals surface area (Å²) in [4.78, 5) is 4.01. The number of para-hydroxylation sites is 2. The van der Waals surface area contributed by atoms with E-state index in [-0.39, 0.29) is 42.2 Å². The molecule has 1 saturated carbocycles. The molecular formula is C14H19F3IN3O2. The monoisotopic (exact) mass is 445 g/mol. The van der Waals surface area contributed by atoms with Crippen LogP contribution < -0.4 is 15.8 Å². The van der Waals surface area contributed by atoms with Crippen molar-refractivity contribution in [1.82, 2.24) is 0 Å². The first-order valence-electron chi connectivity index (χ1n) is 6.92. The van der Waals surface area contributed by atoms with E-state index < -0.39 is 17.7 Å². The van der Waals surface area contributed by atoms with E-state index in [0.29, 0.717) is 12.8 Å². The fourth-order valence-electron chi connectivity index (χ4n) is 2.38. The Balaban J connectivity index is 0.00000264. The lowest BCUT2D eigenvalue weighted by Crippen LogP contribution is -2.31. The van der Waals surface area contributed by atoms with Gasteiger partial charge >= 0.3 is 6.36 Å². The predicted octanol–water partition coefficient (Wildman–Crippen LogP) is 3.23. The van der Waals surface area contributed by atoms with Crippen LogP contribution in [-0.2, 0) is 0 Å². The summed E-state index contributed by atoms with van der Waals surface area (Å²) in [6.45, 7) is 0.119. The average Bonchev–Trinajstić information content (AvgIpc) is 2.85. The first-order chi connectivity index (χ1) is 10.3. The lowest BCUT2D eigenvalue weighted by Gasteiger charge is -2.19. The van der Waals surface area contributed by atoms with E-state index in [0.717, 1.165) is 12.8 Å². The van der Waals surface area contributed by atoms with Gasteiger partial charge in [-0.05, 0) is 25.0 Å². The molecule has 1 aromatic rings. The van der Waals surface area contributed by atoms with Crippen LogP contribution in [0.15, 0.2) is 29.3 Å². The number of benzene rings is 1. The van der Waals surface area contributed by atoms with Gasteiger partial charge in [-0.1, -0.05) is 25.0 Å². The van der Waals surface area contributed by atoms with Crippen molar-refractivity contribution < 1.29 is 23.0 Å². The summed E-state index contributed by atoms with van der Waals surface area (Å²) in [7, 11) is 0. The van der Waals surface area contributed by atoms with E-state index in [2.05, 4.69) is 15.0 Å². The van der Waals surface area contributed by atoms with Crippen LogP contribution in [0.4, 0.5) is 18.9 Å². The van der Waals surface area contributed by atoms with Gasteiger partial charge in [0.1, 0.15) is 0 Å². The van der Waals surface area contributed by atoms with Gasteiger partial charge in [-0.3, -0.25) is 4.99 Å². The Morgan fingerprint density at radius 3 is 2.52 bits per heavy atom. The van der Waals surface area contributed by atoms with Crippen molar-refractivity contribution in [1.29, 1.82) is 0 Å². The van der Waals surface area contributed by atoms with E-state index in [1.54, 1.807) is 6.07 Å². The van der Waals surface area contributed by atoms with Gasteiger partial charge in [0.15, 0.2) is 11.7 Å². The lowest BCUT2D eigenvalue weighted by molar-refractivity contribution is -0.274. The second-order valence-electron chi connectivity index (χ2n) is 5.30. The molecular weight excluding hydrogens is 426 g/mol. The Morgan fingerprint density at radius 2 is 1.91 bits per heavy atom. The van der Waals surface area contributed by atoms with Crippen LogP contribution in [-0.4, -0.2) is 29.6 Å². The number of halogens is 4. The largest absolute Gasteiger partial charge is 0.573 e. The summed E-state index contributed by atoms with van der Waals surface area (Å²) < 4.78 is 40.9. The lowest BCUT2D eigenvalue weighted by atomic mass is 10.0. The molecule has 4 N–H and O–H groups in total. The normalized spacial score (nSPS) is 17.5. The molecule has 5 nitrogen and oxygen atoms in total. The first-order valence-corrected chi connectivity index (χ1v) is 6.92. The number of guanidine groups is 1. The summed E-state index contributed by atoms with van der Waals surface area (Å²) in [6.07, 6.45) is -1.62. The smallest absolute Gasteiger partial charge is 0.404 e. The molecule has 0 atom stereocenters. The molecule has 0 radical (unpaired) electrons. The molecule has 0 unspecified atom stereocenters. The van der Waals surface area contributed by atoms with Crippen LogP contribution in [0.3, 0.4) is 0 Å². The Kier molecular flexibility index (Phi) is 6.93. The van der Waals surface area contributed by atoms with Crippen molar-refractivity contribution in [2.75, 3.05) is 11.9 Å². The van der Waals surface area contributed by atoms with E-state index in [1.165, 1.54) is 18.2 Å². The topological polar surface area (TPSA) is 79.9 Å². The number of aliphatic imine (C=N–C) groups is 1. The quantitative estimate of drug-likeness (QED) is 0.378. The number of nitrogens with one attached hydrogen (secondary N) is 1. The van der Waals surface area contributed by atoms with Crippen molar-refractivity contribution in [2.45, 2.75) is 37.6 Å². The maximum atomic E-state index is 12.3. The van der Waals surface area contributed by atoms with Gasteiger partial charge < -0.3 is 20.9 Å². The maximum Gasteiger partial charge on any atom is 0.573 e. The summed E-state index contributed by atoms with van der Waals surface area (Å²) >= 11 is 0. The third-order valence-corrected chi connectivity index (χ3v) is 3.45. The average molecular weight is 445 g/mol. The summed E-state index contributed by atoms with van der Waals surface area (Å²) in [6, 6.07) is 5.53. The first kappa shape index (κ1) is 19.8. The number of anilines is 1. The molecule has 23 heavy (non-hydrogen) atoms. The maximum absolute atomic E-state index is 12.3. The van der Waals surface area contributed by atoms with Gasteiger partial charge in [0.2, 0.25) is 0 Å². The third-order valence-electron chi connectivity index (χ3n) is 3.45. The molecule has 1 fully saturated rings. The molecule has 130 valence electrons. The third kappa shape index (κ3) is 6.42. The molecule has 0 amide bonds. The Labute approximate surface area is 149 Å².